The van der Waals surface area contributed by atoms with E-state index in [9.17, 15) is 5.26 Å². The molecule has 4 aromatic rings. The third kappa shape index (κ3) is 4.18. The third-order valence-electron chi connectivity index (χ3n) is 4.86. The molecule has 1 unspecified atom stereocenters. The summed E-state index contributed by atoms with van der Waals surface area (Å²) >= 11 is 0. The molecule has 0 spiro atoms. The van der Waals surface area contributed by atoms with E-state index in [-0.39, 0.29) is 5.92 Å². The highest BCUT2D eigenvalue weighted by Gasteiger charge is 2.16. The van der Waals surface area contributed by atoms with Crippen LogP contribution in [0.15, 0.2) is 96.5 Å². The molecule has 0 saturated carbocycles. The molecule has 30 heavy (non-hydrogen) atoms. The minimum absolute atomic E-state index is 0.339. The van der Waals surface area contributed by atoms with Crippen LogP contribution in [-0.2, 0) is 6.42 Å². The maximum atomic E-state index is 9.70. The van der Waals surface area contributed by atoms with E-state index in [2.05, 4.69) is 23.2 Å². The molecule has 5 nitrogen and oxygen atoms in total. The van der Waals surface area contributed by atoms with Crippen molar-refractivity contribution < 1.29 is 4.74 Å². The number of para-hydroxylation sites is 1. The zero-order valence-corrected chi connectivity index (χ0v) is 16.7. The molecule has 2 aromatic heterocycles. The van der Waals surface area contributed by atoms with E-state index >= 15 is 0 Å². The molecule has 0 saturated heterocycles. The van der Waals surface area contributed by atoms with E-state index in [0.717, 1.165) is 28.4 Å². The smallest absolute Gasteiger partial charge is 0.166 e. The first kappa shape index (κ1) is 19.3. The van der Waals surface area contributed by atoms with Gasteiger partial charge in [0.25, 0.3) is 0 Å². The second-order valence-corrected chi connectivity index (χ2v) is 6.90. The predicted molar refractivity (Wildman–Crippen MR) is 119 cm³/mol. The molecule has 0 N–H and O–H groups in total. The molecular weight excluding hydrogens is 372 g/mol. The average Bonchev–Trinajstić information content (AvgIpc) is 3.51. The van der Waals surface area contributed by atoms with Crippen LogP contribution in [-0.4, -0.2) is 22.5 Å². The fourth-order valence-corrected chi connectivity index (χ4v) is 3.43. The van der Waals surface area contributed by atoms with E-state index in [0.29, 0.717) is 6.42 Å². The van der Waals surface area contributed by atoms with E-state index in [4.69, 9.17) is 4.74 Å². The SMILES string of the molecule is COc1c(-n2cccc2)cc(CC(C#N)C=Nc2ccccc2)cc1-n1cccc1. The van der Waals surface area contributed by atoms with Crippen LogP contribution in [0.2, 0.25) is 0 Å². The van der Waals surface area contributed by atoms with Gasteiger partial charge >= 0.3 is 0 Å². The van der Waals surface area contributed by atoms with Crippen LogP contribution >= 0.6 is 0 Å². The van der Waals surface area contributed by atoms with Crippen LogP contribution in [0.4, 0.5) is 5.69 Å². The van der Waals surface area contributed by atoms with Gasteiger partial charge in [-0.25, -0.2) is 0 Å². The van der Waals surface area contributed by atoms with E-state index < -0.39 is 0 Å². The summed E-state index contributed by atoms with van der Waals surface area (Å²) in [5.74, 6) is 0.436. The lowest BCUT2D eigenvalue weighted by Crippen LogP contribution is -2.07. The van der Waals surface area contributed by atoms with E-state index in [1.807, 2.05) is 88.5 Å². The van der Waals surface area contributed by atoms with Crippen molar-refractivity contribution in [2.24, 2.45) is 10.9 Å². The Morgan fingerprint density at radius 1 is 0.933 bits per heavy atom. The minimum Gasteiger partial charge on any atom is -0.492 e. The summed E-state index contributed by atoms with van der Waals surface area (Å²) in [7, 11) is 1.68. The van der Waals surface area contributed by atoms with Crippen molar-refractivity contribution in [1.82, 2.24) is 9.13 Å². The van der Waals surface area contributed by atoms with Crippen LogP contribution < -0.4 is 4.74 Å². The predicted octanol–water partition coefficient (Wildman–Crippen LogP) is 5.36. The van der Waals surface area contributed by atoms with Gasteiger partial charge in [0.1, 0.15) is 0 Å². The maximum absolute atomic E-state index is 9.70. The van der Waals surface area contributed by atoms with Crippen LogP contribution in [0.25, 0.3) is 11.4 Å². The molecule has 2 aromatic carbocycles. The van der Waals surface area contributed by atoms with Crippen molar-refractivity contribution in [3.05, 3.63) is 97.1 Å². The van der Waals surface area contributed by atoms with Crippen molar-refractivity contribution in [2.75, 3.05) is 7.11 Å². The molecule has 5 heteroatoms. The van der Waals surface area contributed by atoms with Crippen LogP contribution in [0.1, 0.15) is 5.56 Å². The standard InChI is InChI=1S/C25H22N4O/c1-30-25-23(28-11-5-6-12-28)16-20(17-24(25)29-13-7-8-14-29)15-21(18-26)19-27-22-9-3-2-4-10-22/h2-14,16-17,19,21H,15H2,1H3. The van der Waals surface area contributed by atoms with Gasteiger partial charge < -0.3 is 13.9 Å². The lowest BCUT2D eigenvalue weighted by Gasteiger charge is -2.18. The summed E-state index contributed by atoms with van der Waals surface area (Å²) in [6.45, 7) is 0. The Bertz CT molecular complexity index is 1100. The largest absolute Gasteiger partial charge is 0.492 e. The Morgan fingerprint density at radius 2 is 1.50 bits per heavy atom. The minimum atomic E-state index is -0.339. The van der Waals surface area contributed by atoms with Gasteiger partial charge in [-0.15, -0.1) is 0 Å². The first-order valence-corrected chi connectivity index (χ1v) is 9.75. The molecular formula is C25H22N4O. The topological polar surface area (TPSA) is 55.2 Å². The number of rotatable bonds is 7. The summed E-state index contributed by atoms with van der Waals surface area (Å²) in [6, 6.07) is 24.1. The van der Waals surface area contributed by atoms with Gasteiger partial charge in [-0.3, -0.25) is 4.99 Å². The fourth-order valence-electron chi connectivity index (χ4n) is 3.43. The number of methoxy groups -OCH3 is 1. The molecule has 1 atom stereocenters. The second-order valence-electron chi connectivity index (χ2n) is 6.90. The highest BCUT2D eigenvalue weighted by Crippen LogP contribution is 2.33. The number of aliphatic imine (C=N–C) groups is 1. The van der Waals surface area contributed by atoms with Gasteiger partial charge in [0, 0.05) is 31.0 Å². The zero-order chi connectivity index (χ0) is 20.8. The Balaban J connectivity index is 1.72. The molecule has 0 amide bonds. The van der Waals surface area contributed by atoms with Crippen LogP contribution in [0.3, 0.4) is 0 Å². The highest BCUT2D eigenvalue weighted by molar-refractivity contribution is 5.69. The zero-order valence-electron chi connectivity index (χ0n) is 16.7. The molecule has 4 rings (SSSR count). The summed E-state index contributed by atoms with van der Waals surface area (Å²) in [5, 5.41) is 9.70. The van der Waals surface area contributed by atoms with Gasteiger partial charge in [0.05, 0.1) is 36.2 Å². The molecule has 148 valence electrons. The van der Waals surface area contributed by atoms with Gasteiger partial charge in [0.2, 0.25) is 0 Å². The molecule has 0 radical (unpaired) electrons. The quantitative estimate of drug-likeness (QED) is 0.396. The van der Waals surface area contributed by atoms with Crippen molar-refractivity contribution in [1.29, 1.82) is 5.26 Å². The van der Waals surface area contributed by atoms with Crippen molar-refractivity contribution in [2.45, 2.75) is 6.42 Å². The molecule has 0 aliphatic carbocycles. The average molecular weight is 394 g/mol. The number of hydrogen-bond donors (Lipinski definition) is 0. The highest BCUT2D eigenvalue weighted by atomic mass is 16.5. The molecule has 0 aliphatic heterocycles. The Labute approximate surface area is 176 Å². The number of nitrogens with zero attached hydrogens (tertiary/aromatic N) is 4. The number of aromatic nitrogens is 2. The summed E-state index contributed by atoms with van der Waals surface area (Å²) in [4.78, 5) is 4.47. The molecule has 0 fully saturated rings. The van der Waals surface area contributed by atoms with Gasteiger partial charge in [-0.05, 0) is 60.5 Å². The van der Waals surface area contributed by atoms with Gasteiger partial charge in [0.15, 0.2) is 5.75 Å². The van der Waals surface area contributed by atoms with Crippen molar-refractivity contribution >= 4 is 11.9 Å². The first-order valence-electron chi connectivity index (χ1n) is 9.75. The van der Waals surface area contributed by atoms with Crippen molar-refractivity contribution in [3.63, 3.8) is 0 Å². The summed E-state index contributed by atoms with van der Waals surface area (Å²) in [5.41, 5.74) is 3.74. The lowest BCUT2D eigenvalue weighted by molar-refractivity contribution is 0.411. The normalized spacial score (nSPS) is 12.0. The van der Waals surface area contributed by atoms with Crippen LogP contribution in [0, 0.1) is 17.2 Å². The van der Waals surface area contributed by atoms with E-state index in [1.165, 1.54) is 0 Å². The van der Waals surface area contributed by atoms with Crippen molar-refractivity contribution in [3.8, 4) is 23.2 Å². The van der Waals surface area contributed by atoms with Gasteiger partial charge in [-0.1, -0.05) is 18.2 Å². The third-order valence-corrected chi connectivity index (χ3v) is 4.86. The van der Waals surface area contributed by atoms with Crippen LogP contribution in [0.5, 0.6) is 5.75 Å². The Hall–Kier alpha value is -4.04. The monoisotopic (exact) mass is 394 g/mol. The number of ether oxygens (including phenoxy) is 1. The van der Waals surface area contributed by atoms with E-state index in [1.54, 1.807) is 13.3 Å². The molecule has 0 aliphatic rings. The fraction of sp³-hybridized carbons (Fsp3) is 0.120. The first-order chi connectivity index (χ1) is 14.8. The lowest BCUT2D eigenvalue weighted by atomic mass is 9.99. The summed E-state index contributed by atoms with van der Waals surface area (Å²) < 4.78 is 9.83. The number of hydrogen-bond acceptors (Lipinski definition) is 3. The maximum Gasteiger partial charge on any atom is 0.166 e. The molecule has 2 heterocycles. The Kier molecular flexibility index (Phi) is 5.77. The number of nitriles is 1. The number of benzene rings is 2. The Morgan fingerprint density at radius 3 is 2.00 bits per heavy atom. The van der Waals surface area contributed by atoms with Gasteiger partial charge in [-0.2, -0.15) is 5.26 Å². The summed E-state index contributed by atoms with van der Waals surface area (Å²) in [6.07, 6.45) is 10.2. The second kappa shape index (κ2) is 8.97. The molecule has 0 bridgehead atoms.